The molecular formula is C13H21OP. The van der Waals surface area contributed by atoms with E-state index >= 15 is 0 Å². The van der Waals surface area contributed by atoms with E-state index < -0.39 is 0 Å². The zero-order chi connectivity index (χ0) is 10.4. The minimum atomic E-state index is 0.500. The standard InChI is InChI=1S/C13H21OP/c14-11-9-12(5-1-2-6-12)15-13(10-11)7-3-4-8-13/h15H,1-10H2. The molecule has 1 heterocycles. The third-order valence-corrected chi connectivity index (χ3v) is 7.14. The molecule has 2 spiro atoms. The molecule has 84 valence electrons. The summed E-state index contributed by atoms with van der Waals surface area (Å²) < 4.78 is 0. The summed E-state index contributed by atoms with van der Waals surface area (Å²) in [6.07, 6.45) is 12.9. The zero-order valence-electron chi connectivity index (χ0n) is 9.48. The Bertz CT molecular complexity index is 246. The van der Waals surface area contributed by atoms with Crippen LogP contribution in [-0.4, -0.2) is 16.1 Å². The molecule has 15 heavy (non-hydrogen) atoms. The summed E-state index contributed by atoms with van der Waals surface area (Å²) in [4.78, 5) is 12.0. The van der Waals surface area contributed by atoms with Crippen LogP contribution in [0.15, 0.2) is 0 Å². The molecule has 1 saturated heterocycles. The van der Waals surface area contributed by atoms with Crippen LogP contribution in [-0.2, 0) is 4.79 Å². The van der Waals surface area contributed by atoms with E-state index in [1.807, 2.05) is 0 Å². The molecule has 0 aromatic heterocycles. The molecule has 0 atom stereocenters. The van der Waals surface area contributed by atoms with Crippen molar-refractivity contribution in [2.75, 3.05) is 0 Å². The van der Waals surface area contributed by atoms with Crippen LogP contribution in [0.25, 0.3) is 0 Å². The Balaban J connectivity index is 1.84. The third kappa shape index (κ3) is 1.78. The minimum Gasteiger partial charge on any atom is -0.300 e. The van der Waals surface area contributed by atoms with E-state index in [-0.39, 0.29) is 0 Å². The smallest absolute Gasteiger partial charge is 0.134 e. The molecule has 0 amide bonds. The van der Waals surface area contributed by atoms with Crippen molar-refractivity contribution in [3.63, 3.8) is 0 Å². The van der Waals surface area contributed by atoms with Crippen molar-refractivity contribution < 1.29 is 4.79 Å². The van der Waals surface area contributed by atoms with Gasteiger partial charge >= 0.3 is 0 Å². The topological polar surface area (TPSA) is 17.1 Å². The molecule has 0 aromatic carbocycles. The van der Waals surface area contributed by atoms with Gasteiger partial charge < -0.3 is 0 Å². The molecular weight excluding hydrogens is 203 g/mol. The lowest BCUT2D eigenvalue weighted by atomic mass is 9.90. The SMILES string of the molecule is O=C1CC2(CCCC2)PC2(CCCC2)C1. The molecule has 2 aliphatic carbocycles. The summed E-state index contributed by atoms with van der Waals surface area (Å²) >= 11 is 0. The molecule has 3 rings (SSSR count). The van der Waals surface area contributed by atoms with Gasteiger partial charge in [-0.05, 0) is 36.0 Å². The lowest BCUT2D eigenvalue weighted by molar-refractivity contribution is -0.120. The van der Waals surface area contributed by atoms with Crippen LogP contribution in [0.3, 0.4) is 0 Å². The molecule has 2 saturated carbocycles. The van der Waals surface area contributed by atoms with Gasteiger partial charge in [-0.2, -0.15) is 0 Å². The maximum atomic E-state index is 12.0. The average Bonchev–Trinajstić information content (AvgIpc) is 2.75. The van der Waals surface area contributed by atoms with Crippen LogP contribution in [0.5, 0.6) is 0 Å². The van der Waals surface area contributed by atoms with Gasteiger partial charge in [0.1, 0.15) is 5.78 Å². The first kappa shape index (κ1) is 10.3. The maximum absolute atomic E-state index is 12.0. The largest absolute Gasteiger partial charge is 0.300 e. The Morgan fingerprint density at radius 3 is 1.60 bits per heavy atom. The monoisotopic (exact) mass is 224 g/mol. The molecule has 1 nitrogen and oxygen atoms in total. The molecule has 1 aliphatic heterocycles. The Hall–Kier alpha value is 0.100. The third-order valence-electron chi connectivity index (χ3n) is 4.72. The normalized spacial score (nSPS) is 32.9. The number of ketones is 1. The molecule has 0 radical (unpaired) electrons. The number of carbonyl (C=O) groups is 1. The Morgan fingerprint density at radius 2 is 1.20 bits per heavy atom. The zero-order valence-corrected chi connectivity index (χ0v) is 10.5. The summed E-state index contributed by atoms with van der Waals surface area (Å²) in [7, 11) is 1.11. The summed E-state index contributed by atoms with van der Waals surface area (Å²) in [5.74, 6) is 0.595. The Kier molecular flexibility index (Phi) is 2.43. The van der Waals surface area contributed by atoms with Gasteiger partial charge in [-0.15, -0.1) is 8.58 Å². The van der Waals surface area contributed by atoms with Crippen molar-refractivity contribution in [2.45, 2.75) is 74.5 Å². The van der Waals surface area contributed by atoms with Crippen molar-refractivity contribution in [1.82, 2.24) is 0 Å². The first-order valence-electron chi connectivity index (χ1n) is 6.53. The van der Waals surface area contributed by atoms with Gasteiger partial charge in [0.15, 0.2) is 0 Å². The highest BCUT2D eigenvalue weighted by atomic mass is 31.1. The number of hydrogen-bond acceptors (Lipinski definition) is 1. The predicted octanol–water partition coefficient (Wildman–Crippen LogP) is 3.65. The van der Waals surface area contributed by atoms with Gasteiger partial charge in [0.05, 0.1) is 0 Å². The van der Waals surface area contributed by atoms with Gasteiger partial charge in [0.25, 0.3) is 0 Å². The van der Waals surface area contributed by atoms with Crippen LogP contribution < -0.4 is 0 Å². The second-order valence-corrected chi connectivity index (χ2v) is 8.36. The van der Waals surface area contributed by atoms with Crippen LogP contribution in [0, 0.1) is 0 Å². The predicted molar refractivity (Wildman–Crippen MR) is 65.0 cm³/mol. The second kappa shape index (κ2) is 3.55. The van der Waals surface area contributed by atoms with Crippen molar-refractivity contribution in [3.05, 3.63) is 0 Å². The summed E-state index contributed by atoms with van der Waals surface area (Å²) in [6, 6.07) is 0. The fourth-order valence-electron chi connectivity index (χ4n) is 4.18. The van der Waals surface area contributed by atoms with E-state index in [1.165, 1.54) is 51.4 Å². The lowest BCUT2D eigenvalue weighted by Gasteiger charge is -2.44. The van der Waals surface area contributed by atoms with E-state index in [1.54, 1.807) is 0 Å². The first-order valence-corrected chi connectivity index (χ1v) is 7.53. The highest BCUT2D eigenvalue weighted by molar-refractivity contribution is 7.42. The van der Waals surface area contributed by atoms with Gasteiger partial charge in [-0.1, -0.05) is 25.7 Å². The van der Waals surface area contributed by atoms with E-state index in [0.29, 0.717) is 16.1 Å². The highest BCUT2D eigenvalue weighted by Crippen LogP contribution is 2.63. The number of carbonyl (C=O) groups excluding carboxylic acids is 1. The van der Waals surface area contributed by atoms with Crippen molar-refractivity contribution in [2.24, 2.45) is 0 Å². The number of rotatable bonds is 0. The maximum Gasteiger partial charge on any atom is 0.134 e. The average molecular weight is 224 g/mol. The second-order valence-electron chi connectivity index (χ2n) is 5.99. The van der Waals surface area contributed by atoms with Crippen LogP contribution in [0.4, 0.5) is 0 Å². The molecule has 3 fully saturated rings. The van der Waals surface area contributed by atoms with Crippen LogP contribution >= 0.6 is 8.58 Å². The van der Waals surface area contributed by atoms with Gasteiger partial charge in [0.2, 0.25) is 0 Å². The Labute approximate surface area is 94.2 Å². The van der Waals surface area contributed by atoms with Crippen molar-refractivity contribution in [1.29, 1.82) is 0 Å². The number of hydrogen-bond donors (Lipinski definition) is 0. The van der Waals surface area contributed by atoms with E-state index in [9.17, 15) is 4.79 Å². The van der Waals surface area contributed by atoms with Crippen LogP contribution in [0.2, 0.25) is 0 Å². The van der Waals surface area contributed by atoms with Crippen molar-refractivity contribution >= 4 is 14.4 Å². The Morgan fingerprint density at radius 1 is 0.800 bits per heavy atom. The van der Waals surface area contributed by atoms with E-state index in [0.717, 1.165) is 21.4 Å². The summed E-state index contributed by atoms with van der Waals surface area (Å²) in [6.45, 7) is 0. The molecule has 3 aliphatic rings. The van der Waals surface area contributed by atoms with Crippen LogP contribution in [0.1, 0.15) is 64.2 Å². The fraction of sp³-hybridized carbons (Fsp3) is 0.923. The number of Topliss-reactive ketones (excluding diaryl/α,β-unsaturated/α-hetero) is 1. The molecule has 0 N–H and O–H groups in total. The summed E-state index contributed by atoms with van der Waals surface area (Å²) in [5, 5.41) is 0.999. The molecule has 0 aromatic rings. The van der Waals surface area contributed by atoms with E-state index in [2.05, 4.69) is 0 Å². The van der Waals surface area contributed by atoms with Crippen molar-refractivity contribution in [3.8, 4) is 0 Å². The first-order chi connectivity index (χ1) is 7.22. The van der Waals surface area contributed by atoms with E-state index in [4.69, 9.17) is 0 Å². The minimum absolute atomic E-state index is 0.500. The van der Waals surface area contributed by atoms with Gasteiger partial charge in [-0.3, -0.25) is 4.79 Å². The summed E-state index contributed by atoms with van der Waals surface area (Å²) in [5.41, 5.74) is 0. The molecule has 2 heteroatoms. The van der Waals surface area contributed by atoms with Gasteiger partial charge in [-0.25, -0.2) is 0 Å². The lowest BCUT2D eigenvalue weighted by Crippen LogP contribution is -2.39. The fourth-order valence-corrected chi connectivity index (χ4v) is 7.08. The van der Waals surface area contributed by atoms with Gasteiger partial charge in [0, 0.05) is 12.8 Å². The highest BCUT2D eigenvalue weighted by Gasteiger charge is 2.49. The molecule has 0 bridgehead atoms. The quantitative estimate of drug-likeness (QED) is 0.574. The molecule has 0 unspecified atom stereocenters.